The van der Waals surface area contributed by atoms with Crippen LogP contribution in [0, 0.1) is 11.3 Å². The quantitative estimate of drug-likeness (QED) is 0.394. The van der Waals surface area contributed by atoms with E-state index in [2.05, 4.69) is 25.5 Å². The molecule has 1 aromatic heterocycles. The highest BCUT2D eigenvalue weighted by molar-refractivity contribution is 5.98. The Bertz CT molecular complexity index is 1280. The molecule has 240 valence electrons. The molecule has 4 fully saturated rings. The number of carbonyl (C=O) groups excluding carboxylic acids is 4. The first kappa shape index (κ1) is 31.8. The number of aromatic nitrogens is 2. The summed E-state index contributed by atoms with van der Waals surface area (Å²) in [5.74, 6) is -2.81. The predicted molar refractivity (Wildman–Crippen MR) is 159 cm³/mol. The van der Waals surface area contributed by atoms with Gasteiger partial charge in [0.2, 0.25) is 17.7 Å². The number of aliphatic carboxylic acids is 1. The Labute approximate surface area is 258 Å². The van der Waals surface area contributed by atoms with E-state index in [-0.39, 0.29) is 36.5 Å². The van der Waals surface area contributed by atoms with Gasteiger partial charge in [0.1, 0.15) is 29.5 Å². The summed E-state index contributed by atoms with van der Waals surface area (Å²) < 4.78 is 0. The van der Waals surface area contributed by atoms with Crippen LogP contribution in [-0.2, 0) is 19.2 Å². The zero-order chi connectivity index (χ0) is 31.8. The monoisotopic (exact) mass is 611 g/mol. The molecule has 44 heavy (non-hydrogen) atoms. The first-order valence-corrected chi connectivity index (χ1v) is 15.9. The van der Waals surface area contributed by atoms with E-state index in [9.17, 15) is 29.1 Å². The number of amides is 4. The van der Waals surface area contributed by atoms with Gasteiger partial charge in [-0.1, -0.05) is 40.0 Å². The van der Waals surface area contributed by atoms with Gasteiger partial charge in [0.05, 0.1) is 18.8 Å². The van der Waals surface area contributed by atoms with Gasteiger partial charge >= 0.3 is 5.97 Å². The van der Waals surface area contributed by atoms with E-state index in [0.717, 1.165) is 38.5 Å². The third-order valence-corrected chi connectivity index (χ3v) is 9.93. The molecule has 5 rings (SSSR count). The van der Waals surface area contributed by atoms with Gasteiger partial charge in [0.25, 0.3) is 5.91 Å². The molecular formula is C31H45N7O6. The summed E-state index contributed by atoms with van der Waals surface area (Å²) in [5, 5.41) is 16.1. The normalized spacial score (nSPS) is 27.3. The second-order valence-corrected chi connectivity index (χ2v) is 13.7. The van der Waals surface area contributed by atoms with Crippen LogP contribution in [0.15, 0.2) is 18.6 Å². The molecule has 3 N–H and O–H groups in total. The predicted octanol–water partition coefficient (Wildman–Crippen LogP) is 1.39. The fraction of sp³-hybridized carbons (Fsp3) is 0.710. The second kappa shape index (κ2) is 12.4. The van der Waals surface area contributed by atoms with Crippen LogP contribution in [0.1, 0.15) is 89.5 Å². The molecule has 5 unspecified atom stereocenters. The topological polar surface area (TPSA) is 165 Å². The van der Waals surface area contributed by atoms with Crippen molar-refractivity contribution in [3.63, 3.8) is 0 Å². The maximum absolute atomic E-state index is 14.4. The van der Waals surface area contributed by atoms with E-state index >= 15 is 0 Å². The number of nitrogens with one attached hydrogen (secondary N) is 2. The number of hydrogen-bond donors (Lipinski definition) is 3. The molecule has 13 nitrogen and oxygen atoms in total. The Balaban J connectivity index is 1.42. The van der Waals surface area contributed by atoms with Gasteiger partial charge in [0, 0.05) is 31.9 Å². The van der Waals surface area contributed by atoms with E-state index in [4.69, 9.17) is 0 Å². The molecule has 4 aliphatic rings. The summed E-state index contributed by atoms with van der Waals surface area (Å²) >= 11 is 0. The summed E-state index contributed by atoms with van der Waals surface area (Å²) in [6.45, 7) is 8.46. The largest absolute Gasteiger partial charge is 0.480 e. The lowest BCUT2D eigenvalue weighted by atomic mass is 9.82. The Hall–Kier alpha value is -3.61. The van der Waals surface area contributed by atoms with Gasteiger partial charge in [-0.2, -0.15) is 0 Å². The molecule has 3 saturated heterocycles. The number of carboxylic acid groups (broad SMARTS) is 1. The van der Waals surface area contributed by atoms with Crippen LogP contribution in [0.5, 0.6) is 0 Å². The molecule has 1 spiro atoms. The Kier molecular flexibility index (Phi) is 8.97. The zero-order valence-electron chi connectivity index (χ0n) is 26.1. The van der Waals surface area contributed by atoms with Gasteiger partial charge < -0.3 is 25.5 Å². The average molecular weight is 612 g/mol. The minimum Gasteiger partial charge on any atom is -0.480 e. The highest BCUT2D eigenvalue weighted by atomic mass is 16.4. The summed E-state index contributed by atoms with van der Waals surface area (Å²) in [6.07, 6.45) is 10.3. The van der Waals surface area contributed by atoms with Crippen molar-refractivity contribution in [2.45, 2.75) is 109 Å². The van der Waals surface area contributed by atoms with Crippen LogP contribution in [0.4, 0.5) is 0 Å². The summed E-state index contributed by atoms with van der Waals surface area (Å²) in [6, 6.07) is -3.44. The van der Waals surface area contributed by atoms with Crippen LogP contribution in [0.25, 0.3) is 0 Å². The van der Waals surface area contributed by atoms with Crippen LogP contribution in [-0.4, -0.2) is 109 Å². The van der Waals surface area contributed by atoms with Gasteiger partial charge in [-0.3, -0.25) is 29.1 Å². The molecule has 1 aliphatic carbocycles. The summed E-state index contributed by atoms with van der Waals surface area (Å²) in [5.41, 5.74) is -1.60. The fourth-order valence-corrected chi connectivity index (χ4v) is 7.78. The standard InChI is InChI=1S/C31H45N7O6/c1-5-37-27(41)21-12-9-15-38(21)31(37)16-22(29(43)44)36(18-31)28(42)24(30(2,3)4)35-26(40)23(19-10-7-6-8-11-19)34-25(39)20-17-32-13-14-33-20/h13-14,17,19,21-24H,5-12,15-16,18H2,1-4H3,(H,34,39)(H,35,40)(H,43,44). The molecule has 0 radical (unpaired) electrons. The zero-order valence-corrected chi connectivity index (χ0v) is 26.1. The third kappa shape index (κ3) is 5.78. The fourth-order valence-electron chi connectivity index (χ4n) is 7.78. The number of carboxylic acids is 1. The Morgan fingerprint density at radius 2 is 1.80 bits per heavy atom. The third-order valence-electron chi connectivity index (χ3n) is 9.93. The lowest BCUT2D eigenvalue weighted by Gasteiger charge is -2.40. The number of nitrogens with zero attached hydrogens (tertiary/aromatic N) is 5. The lowest BCUT2D eigenvalue weighted by molar-refractivity contribution is -0.151. The van der Waals surface area contributed by atoms with Crippen molar-refractivity contribution < 1.29 is 29.1 Å². The van der Waals surface area contributed by atoms with Crippen LogP contribution in [0.2, 0.25) is 0 Å². The molecule has 0 aromatic carbocycles. The van der Waals surface area contributed by atoms with Crippen molar-refractivity contribution >= 4 is 29.6 Å². The molecule has 13 heteroatoms. The highest BCUT2D eigenvalue weighted by Gasteiger charge is 2.64. The number of likely N-dealkylation sites (tertiary alicyclic amines) is 1. The van der Waals surface area contributed by atoms with Crippen molar-refractivity contribution in [2.24, 2.45) is 11.3 Å². The van der Waals surface area contributed by atoms with E-state index < -0.39 is 52.9 Å². The van der Waals surface area contributed by atoms with Crippen molar-refractivity contribution in [1.29, 1.82) is 0 Å². The van der Waals surface area contributed by atoms with Crippen molar-refractivity contribution in [1.82, 2.24) is 35.3 Å². The number of hydrogen-bond acceptors (Lipinski definition) is 8. The Morgan fingerprint density at radius 3 is 2.41 bits per heavy atom. The number of fused-ring (bicyclic) bond motifs is 2. The van der Waals surface area contributed by atoms with Crippen molar-refractivity contribution in [2.75, 3.05) is 19.6 Å². The van der Waals surface area contributed by atoms with Crippen molar-refractivity contribution in [3.8, 4) is 0 Å². The molecule has 4 heterocycles. The first-order valence-electron chi connectivity index (χ1n) is 15.9. The summed E-state index contributed by atoms with van der Waals surface area (Å²) in [7, 11) is 0. The van der Waals surface area contributed by atoms with E-state index in [1.165, 1.54) is 23.5 Å². The van der Waals surface area contributed by atoms with Crippen LogP contribution >= 0.6 is 0 Å². The number of carbonyl (C=O) groups is 5. The lowest BCUT2D eigenvalue weighted by Crippen LogP contribution is -2.62. The van der Waals surface area contributed by atoms with E-state index in [1.54, 1.807) is 4.90 Å². The molecule has 3 aliphatic heterocycles. The molecule has 4 amide bonds. The second-order valence-electron chi connectivity index (χ2n) is 13.7. The van der Waals surface area contributed by atoms with Crippen LogP contribution < -0.4 is 10.6 Å². The summed E-state index contributed by atoms with van der Waals surface area (Å²) in [4.78, 5) is 80.7. The molecule has 5 atom stereocenters. The Morgan fingerprint density at radius 1 is 1.07 bits per heavy atom. The smallest absolute Gasteiger partial charge is 0.326 e. The van der Waals surface area contributed by atoms with Crippen molar-refractivity contribution in [3.05, 3.63) is 24.3 Å². The maximum Gasteiger partial charge on any atom is 0.326 e. The molecule has 1 aromatic rings. The van der Waals surface area contributed by atoms with Gasteiger partial charge in [0.15, 0.2) is 0 Å². The molecule has 0 bridgehead atoms. The molecular weight excluding hydrogens is 566 g/mol. The average Bonchev–Trinajstić information content (AvgIpc) is 3.70. The van der Waals surface area contributed by atoms with Gasteiger partial charge in [-0.05, 0) is 43.9 Å². The maximum atomic E-state index is 14.4. The van der Waals surface area contributed by atoms with E-state index in [0.29, 0.717) is 19.5 Å². The van der Waals surface area contributed by atoms with Gasteiger partial charge in [-0.15, -0.1) is 0 Å². The first-order chi connectivity index (χ1) is 20.9. The number of rotatable bonds is 8. The highest BCUT2D eigenvalue weighted by Crippen LogP contribution is 2.46. The molecule has 1 saturated carbocycles. The van der Waals surface area contributed by atoms with Crippen LogP contribution in [0.3, 0.4) is 0 Å². The number of likely N-dealkylation sites (N-methyl/N-ethyl adjacent to an activating group) is 1. The van der Waals surface area contributed by atoms with E-state index in [1.807, 2.05) is 27.7 Å². The minimum atomic E-state index is -1.16. The van der Waals surface area contributed by atoms with Gasteiger partial charge in [-0.25, -0.2) is 9.78 Å². The SMILES string of the molecule is CCN1C(=O)C2CCCN2C12CC(C(=O)O)N(C(=O)C(NC(=O)C(NC(=O)c1cnccn1)C1CCCCC1)C(C)(C)C)C2. The minimum absolute atomic E-state index is 0.0155.